The van der Waals surface area contributed by atoms with E-state index in [0.717, 1.165) is 12.0 Å². The maximum Gasteiger partial charge on any atom is 0.338 e. The van der Waals surface area contributed by atoms with E-state index in [2.05, 4.69) is 32.1 Å². The zero-order valence-corrected chi connectivity index (χ0v) is 15.7. The van der Waals surface area contributed by atoms with Crippen LogP contribution in [0.2, 0.25) is 0 Å². The third-order valence-corrected chi connectivity index (χ3v) is 4.56. The Balaban J connectivity index is 1.88. The molecule has 0 unspecified atom stereocenters. The van der Waals surface area contributed by atoms with E-state index in [-0.39, 0.29) is 17.5 Å². The molecule has 0 aromatic heterocycles. The normalized spacial score (nSPS) is 19.3. The number of carbonyl (C=O) groups is 1. The fourth-order valence-electron chi connectivity index (χ4n) is 3.26. The van der Waals surface area contributed by atoms with Crippen LogP contribution in [0.1, 0.15) is 54.8 Å². The molecule has 3 heteroatoms. The monoisotopic (exact) mass is 350 g/mol. The summed E-state index contributed by atoms with van der Waals surface area (Å²) in [6, 6.07) is 18.0. The van der Waals surface area contributed by atoms with Crippen molar-refractivity contribution in [1.29, 1.82) is 0 Å². The highest BCUT2D eigenvalue weighted by molar-refractivity contribution is 5.89. The molecule has 2 aromatic rings. The fraction of sp³-hybridized carbons (Fsp3) is 0.348. The Kier molecular flexibility index (Phi) is 5.58. The highest BCUT2D eigenvalue weighted by Gasteiger charge is 2.26. The van der Waals surface area contributed by atoms with Gasteiger partial charge in [-0.3, -0.25) is 0 Å². The van der Waals surface area contributed by atoms with Crippen LogP contribution < -0.4 is 0 Å². The summed E-state index contributed by atoms with van der Waals surface area (Å²) < 4.78 is 11.3. The topological polar surface area (TPSA) is 35.5 Å². The molecule has 0 N–H and O–H groups in total. The molecule has 0 aliphatic carbocycles. The minimum atomic E-state index is -0.278. The average molecular weight is 350 g/mol. The van der Waals surface area contributed by atoms with Crippen molar-refractivity contribution in [2.24, 2.45) is 5.41 Å². The standard InChI is InChI=1S/C23H26O3/c1-4-25-22(24)19-12-10-17(11-13-19)20-14-21(18-8-6-5-7-9-18)26-16-23(2,3)15-20/h5-13,15,21H,4,14,16H2,1-3H3/t21-/m1/s1. The van der Waals surface area contributed by atoms with Crippen molar-refractivity contribution < 1.29 is 14.3 Å². The molecule has 1 aliphatic heterocycles. The van der Waals surface area contributed by atoms with Crippen LogP contribution in [0.5, 0.6) is 0 Å². The number of rotatable bonds is 4. The lowest BCUT2D eigenvalue weighted by Crippen LogP contribution is -2.16. The number of carbonyl (C=O) groups excluding carboxylic acids is 1. The van der Waals surface area contributed by atoms with Crippen molar-refractivity contribution in [1.82, 2.24) is 0 Å². The highest BCUT2D eigenvalue weighted by Crippen LogP contribution is 2.38. The minimum absolute atomic E-state index is 0.0361. The lowest BCUT2D eigenvalue weighted by Gasteiger charge is -2.21. The lowest BCUT2D eigenvalue weighted by atomic mass is 9.88. The Labute approximate surface area is 155 Å². The number of benzene rings is 2. The smallest absolute Gasteiger partial charge is 0.338 e. The second-order valence-electron chi connectivity index (χ2n) is 7.37. The molecule has 0 fully saturated rings. The maximum absolute atomic E-state index is 11.9. The van der Waals surface area contributed by atoms with Crippen molar-refractivity contribution in [3.05, 3.63) is 77.4 Å². The van der Waals surface area contributed by atoms with Crippen LogP contribution in [0.3, 0.4) is 0 Å². The van der Waals surface area contributed by atoms with Gasteiger partial charge in [0.05, 0.1) is 24.9 Å². The van der Waals surface area contributed by atoms with E-state index in [1.165, 1.54) is 11.1 Å². The molecular formula is C23H26O3. The first kappa shape index (κ1) is 18.4. The van der Waals surface area contributed by atoms with Crippen LogP contribution in [-0.2, 0) is 9.47 Å². The van der Waals surface area contributed by atoms with E-state index in [0.29, 0.717) is 18.8 Å². The van der Waals surface area contributed by atoms with Crippen molar-refractivity contribution in [3.8, 4) is 0 Å². The number of hydrogen-bond acceptors (Lipinski definition) is 3. The van der Waals surface area contributed by atoms with Crippen LogP contribution in [0.15, 0.2) is 60.7 Å². The summed E-state index contributed by atoms with van der Waals surface area (Å²) in [4.78, 5) is 11.9. The van der Waals surface area contributed by atoms with E-state index in [4.69, 9.17) is 9.47 Å². The van der Waals surface area contributed by atoms with Gasteiger partial charge in [0.1, 0.15) is 0 Å². The molecule has 136 valence electrons. The quantitative estimate of drug-likeness (QED) is 0.689. The predicted molar refractivity (Wildman–Crippen MR) is 104 cm³/mol. The van der Waals surface area contributed by atoms with Crippen LogP contribution in [-0.4, -0.2) is 19.2 Å². The summed E-state index contributed by atoms with van der Waals surface area (Å²) in [7, 11) is 0. The van der Waals surface area contributed by atoms with Crippen LogP contribution in [0, 0.1) is 5.41 Å². The minimum Gasteiger partial charge on any atom is -0.462 e. The van der Waals surface area contributed by atoms with Crippen molar-refractivity contribution in [2.45, 2.75) is 33.3 Å². The second kappa shape index (κ2) is 7.88. The van der Waals surface area contributed by atoms with E-state index in [1.54, 1.807) is 0 Å². The van der Waals surface area contributed by atoms with Gasteiger partial charge in [-0.05, 0) is 35.8 Å². The first-order chi connectivity index (χ1) is 12.5. The highest BCUT2D eigenvalue weighted by atomic mass is 16.5. The molecule has 1 aliphatic rings. The molecule has 0 saturated heterocycles. The van der Waals surface area contributed by atoms with E-state index < -0.39 is 0 Å². The molecule has 1 heterocycles. The SMILES string of the molecule is CCOC(=O)c1ccc(C2=CC(C)(C)CO[C@@H](c3ccccc3)C2)cc1. The van der Waals surface area contributed by atoms with Gasteiger partial charge in [-0.15, -0.1) is 0 Å². The van der Waals surface area contributed by atoms with Gasteiger partial charge in [0, 0.05) is 11.8 Å². The molecule has 26 heavy (non-hydrogen) atoms. The Morgan fingerprint density at radius 1 is 1.12 bits per heavy atom. The molecule has 3 nitrogen and oxygen atoms in total. The summed E-state index contributed by atoms with van der Waals surface area (Å²) in [6.07, 6.45) is 3.15. The van der Waals surface area contributed by atoms with Gasteiger partial charge in [-0.2, -0.15) is 0 Å². The fourth-order valence-corrected chi connectivity index (χ4v) is 3.26. The molecule has 3 rings (SSSR count). The van der Waals surface area contributed by atoms with Gasteiger partial charge < -0.3 is 9.47 Å². The van der Waals surface area contributed by atoms with Gasteiger partial charge in [0.15, 0.2) is 0 Å². The molecule has 1 atom stereocenters. The Morgan fingerprint density at radius 2 is 1.81 bits per heavy atom. The molecule has 0 spiro atoms. The molecule has 0 amide bonds. The summed E-state index contributed by atoms with van der Waals surface area (Å²) in [5.74, 6) is -0.278. The van der Waals surface area contributed by atoms with Crippen molar-refractivity contribution in [2.75, 3.05) is 13.2 Å². The molecule has 0 bridgehead atoms. The molecule has 2 aromatic carbocycles. The summed E-state index contributed by atoms with van der Waals surface area (Å²) in [5.41, 5.74) is 4.10. The Bertz CT molecular complexity index is 773. The average Bonchev–Trinajstić information content (AvgIpc) is 2.81. The van der Waals surface area contributed by atoms with E-state index >= 15 is 0 Å². The van der Waals surface area contributed by atoms with Crippen LogP contribution in [0.4, 0.5) is 0 Å². The summed E-state index contributed by atoms with van der Waals surface area (Å²) >= 11 is 0. The zero-order valence-electron chi connectivity index (χ0n) is 15.7. The molecule has 0 radical (unpaired) electrons. The summed E-state index contributed by atoms with van der Waals surface area (Å²) in [5, 5.41) is 0. The first-order valence-electron chi connectivity index (χ1n) is 9.14. The van der Waals surface area contributed by atoms with Crippen LogP contribution >= 0.6 is 0 Å². The largest absolute Gasteiger partial charge is 0.462 e. The third-order valence-electron chi connectivity index (χ3n) is 4.56. The second-order valence-corrected chi connectivity index (χ2v) is 7.37. The van der Waals surface area contributed by atoms with E-state index in [9.17, 15) is 4.79 Å². The Morgan fingerprint density at radius 3 is 2.46 bits per heavy atom. The third kappa shape index (κ3) is 4.41. The number of esters is 1. The van der Waals surface area contributed by atoms with Gasteiger partial charge >= 0.3 is 5.97 Å². The molecular weight excluding hydrogens is 324 g/mol. The van der Waals surface area contributed by atoms with Gasteiger partial charge in [-0.25, -0.2) is 4.79 Å². The van der Waals surface area contributed by atoms with Gasteiger partial charge in [-0.1, -0.05) is 62.4 Å². The maximum atomic E-state index is 11.9. The van der Waals surface area contributed by atoms with Crippen LogP contribution in [0.25, 0.3) is 5.57 Å². The van der Waals surface area contributed by atoms with Crippen molar-refractivity contribution in [3.63, 3.8) is 0 Å². The van der Waals surface area contributed by atoms with Gasteiger partial charge in [0.25, 0.3) is 0 Å². The van der Waals surface area contributed by atoms with Gasteiger partial charge in [0.2, 0.25) is 0 Å². The Hall–Kier alpha value is -2.39. The number of hydrogen-bond donors (Lipinski definition) is 0. The predicted octanol–water partition coefficient (Wildman–Crippen LogP) is 5.43. The van der Waals surface area contributed by atoms with Crippen molar-refractivity contribution >= 4 is 11.5 Å². The first-order valence-corrected chi connectivity index (χ1v) is 9.14. The summed E-state index contributed by atoms with van der Waals surface area (Å²) in [6.45, 7) is 7.25. The molecule has 0 saturated carbocycles. The van der Waals surface area contributed by atoms with E-state index in [1.807, 2.05) is 49.4 Å². The lowest BCUT2D eigenvalue weighted by molar-refractivity contribution is 0.0246. The zero-order chi connectivity index (χ0) is 18.6. The number of ether oxygens (including phenoxy) is 2.